The first-order valence-corrected chi connectivity index (χ1v) is 10.0. The van der Waals surface area contributed by atoms with Gasteiger partial charge in [-0.2, -0.15) is 11.8 Å². The monoisotopic (exact) mass is 310 g/mol. The van der Waals surface area contributed by atoms with Gasteiger partial charge in [-0.05, 0) is 30.2 Å². The van der Waals surface area contributed by atoms with Crippen molar-refractivity contribution >= 4 is 28.9 Å². The maximum atomic E-state index is 12.2. The number of thiophene rings is 1. The van der Waals surface area contributed by atoms with Crippen LogP contribution in [0.4, 0.5) is 0 Å². The lowest BCUT2D eigenvalue weighted by Crippen LogP contribution is -1.96. The minimum absolute atomic E-state index is 0.378. The minimum Gasteiger partial charge on any atom is -0.293 e. The molecule has 2 rings (SSSR count). The average molecular weight is 311 g/mol. The molecule has 0 unspecified atom stereocenters. The zero-order valence-electron chi connectivity index (χ0n) is 12.6. The second-order valence-electron chi connectivity index (χ2n) is 5.66. The van der Waals surface area contributed by atoms with Crippen molar-refractivity contribution in [3.05, 3.63) is 21.4 Å². The van der Waals surface area contributed by atoms with Gasteiger partial charge in [0.05, 0.1) is 4.88 Å². The van der Waals surface area contributed by atoms with E-state index >= 15 is 0 Å². The minimum atomic E-state index is 0.378. The molecule has 112 valence electrons. The number of Topliss-reactive ketones (excluding diaryl/α,β-unsaturated/α-hetero) is 1. The first-order valence-electron chi connectivity index (χ1n) is 8.03. The van der Waals surface area contributed by atoms with Gasteiger partial charge < -0.3 is 0 Å². The SMILES string of the molecule is CCCCCCCCCC(=O)c1cc2c(s1)CCSC2. The molecule has 3 heteroatoms. The van der Waals surface area contributed by atoms with Crippen LogP contribution in [0.15, 0.2) is 6.07 Å². The molecule has 0 radical (unpaired) electrons. The quantitative estimate of drug-likeness (QED) is 0.419. The van der Waals surface area contributed by atoms with Crippen molar-refractivity contribution in [1.82, 2.24) is 0 Å². The number of thioether (sulfide) groups is 1. The summed E-state index contributed by atoms with van der Waals surface area (Å²) >= 11 is 3.74. The van der Waals surface area contributed by atoms with Crippen LogP contribution in [0.2, 0.25) is 0 Å². The van der Waals surface area contributed by atoms with Crippen LogP contribution in [-0.4, -0.2) is 11.5 Å². The van der Waals surface area contributed by atoms with Crippen molar-refractivity contribution in [2.24, 2.45) is 0 Å². The van der Waals surface area contributed by atoms with Crippen molar-refractivity contribution in [2.75, 3.05) is 5.75 Å². The first-order chi connectivity index (χ1) is 9.81. The number of rotatable bonds is 9. The zero-order valence-corrected chi connectivity index (χ0v) is 14.2. The van der Waals surface area contributed by atoms with Gasteiger partial charge in [0.2, 0.25) is 0 Å². The zero-order chi connectivity index (χ0) is 14.2. The summed E-state index contributed by atoms with van der Waals surface area (Å²) in [6.45, 7) is 2.25. The summed E-state index contributed by atoms with van der Waals surface area (Å²) < 4.78 is 0. The highest BCUT2D eigenvalue weighted by Crippen LogP contribution is 2.32. The standard InChI is InChI=1S/C17H26OS2/c1-2-3-4-5-6-7-8-9-15(18)17-12-14-13-19-11-10-16(14)20-17/h12H,2-11,13H2,1H3. The molecule has 0 aliphatic carbocycles. The van der Waals surface area contributed by atoms with Crippen molar-refractivity contribution in [3.63, 3.8) is 0 Å². The molecule has 2 heterocycles. The third-order valence-electron chi connectivity index (χ3n) is 3.91. The van der Waals surface area contributed by atoms with E-state index < -0.39 is 0 Å². The van der Waals surface area contributed by atoms with E-state index in [1.807, 2.05) is 11.8 Å². The Balaban J connectivity index is 1.66. The smallest absolute Gasteiger partial charge is 0.172 e. The Morgan fingerprint density at radius 1 is 1.15 bits per heavy atom. The van der Waals surface area contributed by atoms with E-state index in [1.54, 1.807) is 11.3 Å². The van der Waals surface area contributed by atoms with Crippen LogP contribution in [0.1, 0.15) is 78.4 Å². The highest BCUT2D eigenvalue weighted by atomic mass is 32.2. The number of unbranched alkanes of at least 4 members (excludes halogenated alkanes) is 6. The number of hydrogen-bond acceptors (Lipinski definition) is 3. The number of ketones is 1. The van der Waals surface area contributed by atoms with Gasteiger partial charge in [-0.15, -0.1) is 11.3 Å². The Kier molecular flexibility index (Phi) is 7.15. The molecular formula is C17H26OS2. The summed E-state index contributed by atoms with van der Waals surface area (Å²) in [5.41, 5.74) is 1.43. The summed E-state index contributed by atoms with van der Waals surface area (Å²) in [4.78, 5) is 14.7. The highest BCUT2D eigenvalue weighted by molar-refractivity contribution is 7.98. The molecule has 1 nitrogen and oxygen atoms in total. The summed E-state index contributed by atoms with van der Waals surface area (Å²) in [6, 6.07) is 2.16. The van der Waals surface area contributed by atoms with E-state index in [2.05, 4.69) is 13.0 Å². The average Bonchev–Trinajstić information content (AvgIpc) is 2.90. The molecule has 0 amide bonds. The normalized spacial score (nSPS) is 14.2. The predicted molar refractivity (Wildman–Crippen MR) is 91.1 cm³/mol. The Morgan fingerprint density at radius 2 is 1.90 bits per heavy atom. The van der Waals surface area contributed by atoms with Crippen molar-refractivity contribution < 1.29 is 4.79 Å². The molecular weight excluding hydrogens is 284 g/mol. The summed E-state index contributed by atoms with van der Waals surface area (Å²) in [5, 5.41) is 0. The molecule has 1 aromatic heterocycles. The van der Waals surface area contributed by atoms with Crippen LogP contribution < -0.4 is 0 Å². The molecule has 0 atom stereocenters. The van der Waals surface area contributed by atoms with Crippen LogP contribution >= 0.6 is 23.1 Å². The maximum Gasteiger partial charge on any atom is 0.172 e. The number of fused-ring (bicyclic) bond motifs is 1. The van der Waals surface area contributed by atoms with Gasteiger partial charge in [0.1, 0.15) is 0 Å². The summed E-state index contributed by atoms with van der Waals surface area (Å²) in [7, 11) is 0. The van der Waals surface area contributed by atoms with Gasteiger partial charge in [0, 0.05) is 17.1 Å². The Bertz CT molecular complexity index is 399. The third kappa shape index (κ3) is 4.92. The fraction of sp³-hybridized carbons (Fsp3) is 0.706. The first kappa shape index (κ1) is 16.1. The molecule has 0 spiro atoms. The molecule has 0 N–H and O–H groups in total. The molecule has 0 bridgehead atoms. The molecule has 0 saturated heterocycles. The van der Waals surface area contributed by atoms with Crippen molar-refractivity contribution in [3.8, 4) is 0 Å². The van der Waals surface area contributed by atoms with E-state index in [1.165, 1.54) is 54.7 Å². The van der Waals surface area contributed by atoms with E-state index in [9.17, 15) is 4.79 Å². The molecule has 1 aliphatic rings. The molecule has 0 aromatic carbocycles. The van der Waals surface area contributed by atoms with Gasteiger partial charge in [-0.1, -0.05) is 45.4 Å². The Morgan fingerprint density at radius 3 is 2.65 bits per heavy atom. The maximum absolute atomic E-state index is 12.2. The fourth-order valence-corrected chi connectivity index (χ4v) is 4.99. The predicted octanol–water partition coefficient (Wildman–Crippen LogP) is 5.86. The Hall–Kier alpha value is -0.280. The number of hydrogen-bond donors (Lipinski definition) is 0. The van der Waals surface area contributed by atoms with E-state index in [4.69, 9.17) is 0 Å². The van der Waals surface area contributed by atoms with Gasteiger partial charge in [0.15, 0.2) is 5.78 Å². The summed E-state index contributed by atoms with van der Waals surface area (Å²) in [5.74, 6) is 2.71. The third-order valence-corrected chi connectivity index (χ3v) is 6.20. The topological polar surface area (TPSA) is 17.1 Å². The molecule has 1 aromatic rings. The van der Waals surface area contributed by atoms with Crippen LogP contribution in [-0.2, 0) is 12.2 Å². The Labute approximate surface area is 131 Å². The van der Waals surface area contributed by atoms with Crippen molar-refractivity contribution in [2.45, 2.75) is 70.5 Å². The van der Waals surface area contributed by atoms with Crippen molar-refractivity contribution in [1.29, 1.82) is 0 Å². The number of aryl methyl sites for hydroxylation is 1. The van der Waals surface area contributed by atoms with Gasteiger partial charge in [-0.25, -0.2) is 0 Å². The number of carbonyl (C=O) groups excluding carboxylic acids is 1. The molecule has 20 heavy (non-hydrogen) atoms. The van der Waals surface area contributed by atoms with Crippen LogP contribution in [0.25, 0.3) is 0 Å². The van der Waals surface area contributed by atoms with Crippen LogP contribution in [0.5, 0.6) is 0 Å². The van der Waals surface area contributed by atoms with Gasteiger partial charge in [-0.3, -0.25) is 4.79 Å². The summed E-state index contributed by atoms with van der Waals surface area (Å²) in [6.07, 6.45) is 10.9. The van der Waals surface area contributed by atoms with Gasteiger partial charge in [0.25, 0.3) is 0 Å². The van der Waals surface area contributed by atoms with E-state index in [-0.39, 0.29) is 0 Å². The fourth-order valence-electron chi connectivity index (χ4n) is 2.65. The van der Waals surface area contributed by atoms with E-state index in [0.717, 1.165) is 29.9 Å². The lowest BCUT2D eigenvalue weighted by molar-refractivity contribution is 0.0983. The lowest BCUT2D eigenvalue weighted by Gasteiger charge is -2.08. The van der Waals surface area contributed by atoms with Crippen LogP contribution in [0.3, 0.4) is 0 Å². The molecule has 0 saturated carbocycles. The highest BCUT2D eigenvalue weighted by Gasteiger charge is 2.16. The number of carbonyl (C=O) groups is 1. The largest absolute Gasteiger partial charge is 0.293 e. The lowest BCUT2D eigenvalue weighted by atomic mass is 10.1. The van der Waals surface area contributed by atoms with E-state index in [0.29, 0.717) is 5.78 Å². The second kappa shape index (κ2) is 8.89. The second-order valence-corrected chi connectivity index (χ2v) is 7.90. The van der Waals surface area contributed by atoms with Crippen LogP contribution in [0, 0.1) is 0 Å². The molecule has 1 aliphatic heterocycles. The van der Waals surface area contributed by atoms with Gasteiger partial charge >= 0.3 is 0 Å². The molecule has 0 fully saturated rings.